The third-order valence-electron chi connectivity index (χ3n) is 3.72. The molecule has 7 nitrogen and oxygen atoms in total. The van der Waals surface area contributed by atoms with Crippen molar-refractivity contribution < 1.29 is 9.47 Å². The number of methoxy groups -OCH3 is 1. The van der Waals surface area contributed by atoms with Crippen LogP contribution in [0, 0.1) is 0 Å². The van der Waals surface area contributed by atoms with E-state index in [0.717, 1.165) is 22.7 Å². The molecule has 1 aromatic carbocycles. The summed E-state index contributed by atoms with van der Waals surface area (Å²) in [5, 5.41) is 6.31. The fraction of sp³-hybridized carbons (Fsp3) is 0.222. The summed E-state index contributed by atoms with van der Waals surface area (Å²) in [4.78, 5) is 8.99. The number of hydrogen-bond acceptors (Lipinski definition) is 7. The Bertz CT molecular complexity index is 815. The molecule has 0 unspecified atom stereocenters. The molecule has 0 saturated heterocycles. The van der Waals surface area contributed by atoms with E-state index in [9.17, 15) is 0 Å². The number of nitrogens with two attached hydrogens (primary N) is 1. The molecule has 130 valence electrons. The number of benzene rings is 1. The number of anilines is 3. The summed E-state index contributed by atoms with van der Waals surface area (Å²) in [6, 6.07) is 9.58. The van der Waals surface area contributed by atoms with E-state index in [0.29, 0.717) is 36.4 Å². The van der Waals surface area contributed by atoms with Gasteiger partial charge < -0.3 is 25.8 Å². The van der Waals surface area contributed by atoms with E-state index in [1.807, 2.05) is 37.3 Å². The van der Waals surface area contributed by atoms with Gasteiger partial charge in [-0.15, -0.1) is 0 Å². The first-order valence-corrected chi connectivity index (χ1v) is 7.95. The molecule has 7 heteroatoms. The lowest BCUT2D eigenvalue weighted by atomic mass is 10.1. The molecule has 25 heavy (non-hydrogen) atoms. The second-order valence-corrected chi connectivity index (χ2v) is 5.41. The third-order valence-corrected chi connectivity index (χ3v) is 3.72. The molecule has 1 aliphatic heterocycles. The third kappa shape index (κ3) is 3.65. The summed E-state index contributed by atoms with van der Waals surface area (Å²) in [5.41, 5.74) is 9.43. The Labute approximate surface area is 146 Å². The normalized spacial score (nSPS) is 12.5. The zero-order valence-corrected chi connectivity index (χ0v) is 14.3. The van der Waals surface area contributed by atoms with Crippen LogP contribution in [0.5, 0.6) is 5.75 Å². The minimum atomic E-state index is 0.336. The lowest BCUT2D eigenvalue weighted by Gasteiger charge is -2.20. The van der Waals surface area contributed by atoms with Crippen molar-refractivity contribution in [2.75, 3.05) is 36.6 Å². The molecular formula is C18H21N5O2. The number of ether oxygens (including phenoxy) is 2. The van der Waals surface area contributed by atoms with Gasteiger partial charge in [-0.1, -0.05) is 0 Å². The van der Waals surface area contributed by atoms with Crippen LogP contribution < -0.4 is 21.1 Å². The van der Waals surface area contributed by atoms with Crippen molar-refractivity contribution in [2.24, 2.45) is 4.99 Å². The molecule has 0 aliphatic carbocycles. The molecule has 2 heterocycles. The highest BCUT2D eigenvalue weighted by Crippen LogP contribution is 2.36. The number of fused-ring (bicyclic) bond motifs is 1. The average molecular weight is 339 g/mol. The Morgan fingerprint density at radius 3 is 2.80 bits per heavy atom. The largest absolute Gasteiger partial charge is 0.497 e. The minimum absolute atomic E-state index is 0.336. The summed E-state index contributed by atoms with van der Waals surface area (Å²) in [7, 11) is 1.64. The van der Waals surface area contributed by atoms with Crippen LogP contribution in [0.1, 0.15) is 12.5 Å². The molecule has 3 rings (SSSR count). The van der Waals surface area contributed by atoms with Gasteiger partial charge in [-0.2, -0.15) is 0 Å². The Balaban J connectivity index is 1.87. The number of aliphatic imine (C=N–C) groups is 1. The van der Waals surface area contributed by atoms with Crippen molar-refractivity contribution in [3.8, 4) is 5.75 Å². The van der Waals surface area contributed by atoms with Crippen molar-refractivity contribution in [3.63, 3.8) is 0 Å². The summed E-state index contributed by atoms with van der Waals surface area (Å²) in [6.45, 7) is 6.78. The van der Waals surface area contributed by atoms with E-state index in [4.69, 9.17) is 15.2 Å². The summed E-state index contributed by atoms with van der Waals surface area (Å²) in [6.07, 6.45) is 0. The van der Waals surface area contributed by atoms with E-state index in [1.165, 1.54) is 0 Å². The van der Waals surface area contributed by atoms with Gasteiger partial charge in [-0.05, 0) is 43.3 Å². The first-order chi connectivity index (χ1) is 12.1. The molecule has 0 spiro atoms. The fourth-order valence-electron chi connectivity index (χ4n) is 2.53. The van der Waals surface area contributed by atoms with Crippen LogP contribution in [0.25, 0.3) is 0 Å². The lowest BCUT2D eigenvalue weighted by Crippen LogP contribution is -2.20. The SMILES string of the molecule is C=C(Nc1cc2c(c(N)n1)N=C(c1ccc(OC)cc1)CN2)OCC. The van der Waals surface area contributed by atoms with Gasteiger partial charge in [0.25, 0.3) is 0 Å². The molecule has 0 bridgehead atoms. The second kappa shape index (κ2) is 7.12. The highest BCUT2D eigenvalue weighted by molar-refractivity contribution is 6.08. The minimum Gasteiger partial charge on any atom is -0.497 e. The van der Waals surface area contributed by atoms with Gasteiger partial charge in [0.2, 0.25) is 0 Å². The molecule has 0 radical (unpaired) electrons. The zero-order chi connectivity index (χ0) is 17.8. The van der Waals surface area contributed by atoms with E-state index in [2.05, 4.69) is 27.2 Å². The zero-order valence-electron chi connectivity index (χ0n) is 14.3. The maximum Gasteiger partial charge on any atom is 0.184 e. The van der Waals surface area contributed by atoms with Gasteiger partial charge in [0.15, 0.2) is 11.7 Å². The van der Waals surface area contributed by atoms with Crippen LogP contribution in [-0.2, 0) is 4.74 Å². The van der Waals surface area contributed by atoms with Gasteiger partial charge >= 0.3 is 0 Å². The molecule has 0 saturated carbocycles. The maximum absolute atomic E-state index is 6.09. The number of nitrogens with one attached hydrogen (secondary N) is 2. The standard InChI is InChI=1S/C18H21N5O2/c1-4-25-11(2)21-16-9-14-17(18(19)23-16)22-15(10-20-14)12-5-7-13(24-3)8-6-12/h5-9,20H,2,4,10H2,1,3H3,(H3,19,21,23). The Morgan fingerprint density at radius 1 is 1.36 bits per heavy atom. The molecule has 1 aliphatic rings. The van der Waals surface area contributed by atoms with Crippen molar-refractivity contribution in [3.05, 3.63) is 48.4 Å². The van der Waals surface area contributed by atoms with Crippen molar-refractivity contribution >= 4 is 28.7 Å². The van der Waals surface area contributed by atoms with Gasteiger partial charge in [0, 0.05) is 6.07 Å². The van der Waals surface area contributed by atoms with E-state index >= 15 is 0 Å². The van der Waals surface area contributed by atoms with Crippen LogP contribution in [0.3, 0.4) is 0 Å². The first kappa shape index (κ1) is 16.6. The molecule has 2 aromatic rings. The highest BCUT2D eigenvalue weighted by atomic mass is 16.5. The first-order valence-electron chi connectivity index (χ1n) is 7.95. The molecule has 0 fully saturated rings. The van der Waals surface area contributed by atoms with Gasteiger partial charge in [-0.3, -0.25) is 0 Å². The predicted octanol–water partition coefficient (Wildman–Crippen LogP) is 3.14. The van der Waals surface area contributed by atoms with Crippen LogP contribution in [-0.4, -0.2) is 31.0 Å². The smallest absolute Gasteiger partial charge is 0.184 e. The topological polar surface area (TPSA) is 93.8 Å². The van der Waals surface area contributed by atoms with Gasteiger partial charge in [0.05, 0.1) is 31.7 Å². The summed E-state index contributed by atoms with van der Waals surface area (Å²) in [5.74, 6) is 2.13. The Kier molecular flexibility index (Phi) is 4.74. The molecule has 4 N–H and O–H groups in total. The fourth-order valence-corrected chi connectivity index (χ4v) is 2.53. The number of hydrogen-bond donors (Lipinski definition) is 3. The van der Waals surface area contributed by atoms with Crippen molar-refractivity contribution in [1.29, 1.82) is 0 Å². The van der Waals surface area contributed by atoms with E-state index < -0.39 is 0 Å². The number of nitrogen functional groups attached to an aromatic ring is 1. The highest BCUT2D eigenvalue weighted by Gasteiger charge is 2.17. The predicted molar refractivity (Wildman–Crippen MR) is 101 cm³/mol. The molecule has 0 amide bonds. The van der Waals surface area contributed by atoms with Gasteiger partial charge in [-0.25, -0.2) is 9.98 Å². The number of nitrogens with zero attached hydrogens (tertiary/aromatic N) is 2. The number of pyridine rings is 1. The Morgan fingerprint density at radius 2 is 2.12 bits per heavy atom. The second-order valence-electron chi connectivity index (χ2n) is 5.41. The quantitative estimate of drug-likeness (QED) is 0.700. The number of aromatic nitrogens is 1. The van der Waals surface area contributed by atoms with E-state index in [1.54, 1.807) is 7.11 Å². The monoisotopic (exact) mass is 339 g/mol. The van der Waals surface area contributed by atoms with Crippen molar-refractivity contribution in [1.82, 2.24) is 4.98 Å². The van der Waals surface area contributed by atoms with Crippen LogP contribution in [0.15, 0.2) is 47.8 Å². The van der Waals surface area contributed by atoms with Crippen LogP contribution >= 0.6 is 0 Å². The lowest BCUT2D eigenvalue weighted by molar-refractivity contribution is 0.236. The molecular weight excluding hydrogens is 318 g/mol. The molecule has 1 aromatic heterocycles. The maximum atomic E-state index is 6.09. The molecule has 0 atom stereocenters. The number of rotatable bonds is 6. The van der Waals surface area contributed by atoms with Crippen LogP contribution in [0.2, 0.25) is 0 Å². The average Bonchev–Trinajstić information content (AvgIpc) is 2.62. The summed E-state index contributed by atoms with van der Waals surface area (Å²) < 4.78 is 10.5. The summed E-state index contributed by atoms with van der Waals surface area (Å²) >= 11 is 0. The van der Waals surface area contributed by atoms with Crippen LogP contribution in [0.4, 0.5) is 23.0 Å². The van der Waals surface area contributed by atoms with Gasteiger partial charge in [0.1, 0.15) is 17.3 Å². The van der Waals surface area contributed by atoms with Crippen molar-refractivity contribution in [2.45, 2.75) is 6.92 Å². The Hall–Kier alpha value is -3.22. The van der Waals surface area contributed by atoms with E-state index in [-0.39, 0.29) is 0 Å².